The van der Waals surface area contributed by atoms with Gasteiger partial charge in [0.1, 0.15) is 5.82 Å². The van der Waals surface area contributed by atoms with Gasteiger partial charge < -0.3 is 20.5 Å². The Morgan fingerprint density at radius 2 is 1.60 bits per heavy atom. The number of nitrogen functional groups attached to an aromatic ring is 1. The van der Waals surface area contributed by atoms with Crippen molar-refractivity contribution < 1.29 is 44.8 Å². The predicted molar refractivity (Wildman–Crippen MR) is 189 cm³/mol. The minimum Gasteiger partial charge on any atom is -0.485 e. The van der Waals surface area contributed by atoms with Gasteiger partial charge in [-0.15, -0.1) is 23.2 Å². The van der Waals surface area contributed by atoms with Gasteiger partial charge in [0.15, 0.2) is 11.6 Å². The van der Waals surface area contributed by atoms with Crippen LogP contribution in [-0.2, 0) is 35.7 Å². The molecule has 1 amide bonds. The fourth-order valence-electron chi connectivity index (χ4n) is 2.22. The van der Waals surface area contributed by atoms with E-state index in [4.69, 9.17) is 28.9 Å². The number of ether oxygens (including phenoxy) is 2. The van der Waals surface area contributed by atoms with Gasteiger partial charge in [-0.2, -0.15) is 21.6 Å². The van der Waals surface area contributed by atoms with Crippen molar-refractivity contribution >= 4 is 100 Å². The van der Waals surface area contributed by atoms with Crippen LogP contribution in [0.1, 0.15) is 19.7 Å². The minimum absolute atomic E-state index is 0.000000000000000222. The van der Waals surface area contributed by atoms with Gasteiger partial charge in [0.25, 0.3) is 12.0 Å². The van der Waals surface area contributed by atoms with E-state index < -0.39 is 15.6 Å². The lowest BCUT2D eigenvalue weighted by molar-refractivity contribution is -0.121. The maximum atomic E-state index is 11.8. The molecule has 0 atom stereocenters. The molecular weight excluding hydrogens is 842 g/mol. The van der Waals surface area contributed by atoms with Crippen molar-refractivity contribution in [2.75, 3.05) is 39.4 Å². The molecule has 0 aliphatic heterocycles. The van der Waals surface area contributed by atoms with Crippen LogP contribution in [0, 0.1) is 6.92 Å². The molecule has 0 spiro atoms. The van der Waals surface area contributed by atoms with E-state index in [2.05, 4.69) is 60.8 Å². The molecule has 272 valence electrons. The number of aliphatic imine (C=N–C) groups is 1. The summed E-state index contributed by atoms with van der Waals surface area (Å²) in [6.45, 7) is 5.45. The molecule has 0 aliphatic rings. The first-order valence-electron chi connectivity index (χ1n) is 12.6. The Morgan fingerprint density at radius 3 is 1.94 bits per heavy atom. The number of nitrogens with two attached hydrogens (primary N) is 1. The van der Waals surface area contributed by atoms with Crippen LogP contribution in [0.2, 0.25) is 0 Å². The van der Waals surface area contributed by atoms with Crippen molar-refractivity contribution in [3.05, 3.63) is 61.5 Å². The molecule has 13 nitrogen and oxygen atoms in total. The number of aryl methyl sites for hydroxylation is 1. The van der Waals surface area contributed by atoms with E-state index >= 15 is 0 Å². The number of hydrogen-bond donors (Lipinski definition) is 2. The molecule has 0 radical (unpaired) electrons. The molecule has 2 aromatic carbocycles. The SMILES string of the molecule is CN=C(C)OC.CNC(C)=O.COS(=O)(=O)C(F)(F)F.Cc1nc2cc(Br)ccc2c(=O)n1C.ClCCl.Nc1cc(Br)ccc1OC=O. The molecule has 48 heavy (non-hydrogen) atoms. The van der Waals surface area contributed by atoms with Crippen molar-refractivity contribution in [3.63, 3.8) is 0 Å². The third-order valence-corrected chi connectivity index (χ3v) is 6.87. The van der Waals surface area contributed by atoms with Crippen molar-refractivity contribution in [2.24, 2.45) is 12.0 Å². The van der Waals surface area contributed by atoms with E-state index in [0.717, 1.165) is 26.2 Å². The van der Waals surface area contributed by atoms with Crippen LogP contribution in [0.4, 0.5) is 18.9 Å². The summed E-state index contributed by atoms with van der Waals surface area (Å²) in [6, 6.07) is 10.5. The fraction of sp³-hybridized carbons (Fsp3) is 0.370. The highest BCUT2D eigenvalue weighted by Gasteiger charge is 2.46. The van der Waals surface area contributed by atoms with E-state index in [1.54, 1.807) is 64.0 Å². The van der Waals surface area contributed by atoms with E-state index in [1.807, 2.05) is 19.1 Å². The third-order valence-electron chi connectivity index (χ3n) is 4.87. The van der Waals surface area contributed by atoms with Gasteiger partial charge in [0.05, 0.1) is 36.1 Å². The predicted octanol–water partition coefficient (Wildman–Crippen LogP) is 5.91. The molecule has 3 N–H and O–H groups in total. The number of hydrogen-bond acceptors (Lipinski definition) is 11. The molecule has 0 aliphatic carbocycles. The van der Waals surface area contributed by atoms with Gasteiger partial charge in [-0.25, -0.2) is 4.98 Å². The Kier molecular flexibility index (Phi) is 26.7. The number of benzene rings is 2. The fourth-order valence-corrected chi connectivity index (χ4v) is 3.14. The van der Waals surface area contributed by atoms with Gasteiger partial charge in [-0.3, -0.25) is 28.1 Å². The van der Waals surface area contributed by atoms with Gasteiger partial charge in [-0.1, -0.05) is 31.9 Å². The maximum absolute atomic E-state index is 11.8. The van der Waals surface area contributed by atoms with Crippen molar-refractivity contribution in [1.82, 2.24) is 14.9 Å². The number of alkyl halides is 5. The average Bonchev–Trinajstić information content (AvgIpc) is 3.02. The molecule has 0 saturated carbocycles. The van der Waals surface area contributed by atoms with Crippen LogP contribution in [0.15, 0.2) is 55.1 Å². The molecule has 1 aromatic heterocycles. The Balaban J connectivity index is -0.000000540. The van der Waals surface area contributed by atoms with E-state index in [0.29, 0.717) is 30.4 Å². The van der Waals surface area contributed by atoms with Crippen LogP contribution in [0.3, 0.4) is 0 Å². The van der Waals surface area contributed by atoms with Crippen molar-refractivity contribution in [3.8, 4) is 5.75 Å². The highest BCUT2D eigenvalue weighted by molar-refractivity contribution is 9.10. The average molecular weight is 878 g/mol. The van der Waals surface area contributed by atoms with Crippen molar-refractivity contribution in [2.45, 2.75) is 26.3 Å². The molecule has 21 heteroatoms. The van der Waals surface area contributed by atoms with Crippen LogP contribution in [0.25, 0.3) is 10.9 Å². The number of nitrogens with zero attached hydrogens (tertiary/aromatic N) is 3. The van der Waals surface area contributed by atoms with Gasteiger partial charge in [-0.05, 0) is 43.3 Å². The summed E-state index contributed by atoms with van der Waals surface area (Å²) in [6.07, 6.45) is 0. The molecule has 1 heterocycles. The third kappa shape index (κ3) is 21.1. The number of methoxy groups -OCH3 is 1. The molecule has 3 aromatic rings. The van der Waals surface area contributed by atoms with E-state index in [1.165, 1.54) is 6.92 Å². The zero-order valence-corrected chi connectivity index (χ0v) is 32.5. The minimum atomic E-state index is -5.34. The lowest BCUT2D eigenvalue weighted by Crippen LogP contribution is -2.23. The molecule has 0 saturated heterocycles. The first kappa shape index (κ1) is 49.4. The largest absolute Gasteiger partial charge is 0.523 e. The highest BCUT2D eigenvalue weighted by Crippen LogP contribution is 2.24. The summed E-state index contributed by atoms with van der Waals surface area (Å²) in [5, 5.41) is 3.24. The number of halogens is 7. The maximum Gasteiger partial charge on any atom is 0.523 e. The Hall–Kier alpha value is -2.97. The molecule has 3 rings (SSSR count). The number of rotatable bonds is 3. The lowest BCUT2D eigenvalue weighted by atomic mass is 10.2. The van der Waals surface area contributed by atoms with Crippen LogP contribution >= 0.6 is 55.1 Å². The number of amides is 1. The molecule has 0 bridgehead atoms. The first-order chi connectivity index (χ1) is 22.1. The van der Waals surface area contributed by atoms with Gasteiger partial charge in [0, 0.05) is 43.9 Å². The summed E-state index contributed by atoms with van der Waals surface area (Å²) in [5.41, 5.74) is 1.36. The second-order valence-corrected chi connectivity index (χ2v) is 12.3. The van der Waals surface area contributed by atoms with Crippen LogP contribution in [-0.4, -0.2) is 75.4 Å². The first-order valence-corrected chi connectivity index (χ1v) is 16.6. The van der Waals surface area contributed by atoms with Gasteiger partial charge in [0.2, 0.25) is 5.91 Å². The second-order valence-electron chi connectivity index (χ2n) is 8.00. The standard InChI is InChI=1S/C10H9BrN2O.C7H6BrNO2.C4H9NO.C3H7NO.C2H3F3O3S.CH2Cl2/c1-6-12-9-5-7(11)3-4-8(9)10(14)13(6)2;8-5-1-2-7(11-4-10)6(9)3-5;1-4(5-2)6-3;1-3(5)4-2;1-8-9(6,7)2(3,4)5;2-1-3/h3-5H,1-2H3;1-4H,9H2;1-3H3;1-2H3,(H,4,5);1H3;1H2. The summed E-state index contributed by atoms with van der Waals surface area (Å²) >= 11 is 16.1. The van der Waals surface area contributed by atoms with Crippen LogP contribution < -0.4 is 21.3 Å². The van der Waals surface area contributed by atoms with E-state index in [9.17, 15) is 36.0 Å². The Morgan fingerprint density at radius 1 is 1.12 bits per heavy atom. The summed E-state index contributed by atoms with van der Waals surface area (Å²) in [7, 11) is 1.73. The molecule has 0 fully saturated rings. The van der Waals surface area contributed by atoms with E-state index in [-0.39, 0.29) is 16.8 Å². The number of carbonyl (C=O) groups is 2. The topological polar surface area (TPSA) is 181 Å². The monoisotopic (exact) mass is 875 g/mol. The quantitative estimate of drug-likeness (QED) is 0.0611. The van der Waals surface area contributed by atoms with Crippen molar-refractivity contribution in [1.29, 1.82) is 0 Å². The summed E-state index contributed by atoms with van der Waals surface area (Å²) in [5.74, 6) is 1.82. The second kappa shape index (κ2) is 26.0. The zero-order chi connectivity index (χ0) is 38.3. The molecule has 0 unspecified atom stereocenters. The number of anilines is 1. The smallest absolute Gasteiger partial charge is 0.485 e. The number of fused-ring (bicyclic) bond motifs is 1. The Bertz CT molecular complexity index is 1630. The lowest BCUT2D eigenvalue weighted by Gasteiger charge is -2.04. The zero-order valence-electron chi connectivity index (χ0n) is 27.0. The number of aromatic nitrogens is 2. The number of carbonyl (C=O) groups excluding carboxylic acids is 2. The highest BCUT2D eigenvalue weighted by atomic mass is 79.9. The van der Waals surface area contributed by atoms with Crippen LogP contribution in [0.5, 0.6) is 5.75 Å². The normalized spacial score (nSPS) is 10.4. The number of nitrogens with one attached hydrogen (secondary N) is 1. The van der Waals surface area contributed by atoms with Gasteiger partial charge >= 0.3 is 15.6 Å². The summed E-state index contributed by atoms with van der Waals surface area (Å²) in [4.78, 5) is 39.4. The molecular formula is C27H36Br2Cl2F3N5O8S. The Labute approximate surface area is 303 Å². The summed E-state index contributed by atoms with van der Waals surface area (Å²) < 4.78 is 68.4.